The zero-order valence-electron chi connectivity index (χ0n) is 13.4. The molecule has 0 bridgehead atoms. The average Bonchev–Trinajstić information content (AvgIpc) is 3.06. The van der Waals surface area contributed by atoms with Crippen molar-refractivity contribution in [3.63, 3.8) is 0 Å². The number of nitrogens with two attached hydrogens (primary N) is 1. The molecule has 2 heterocycles. The Morgan fingerprint density at radius 3 is 2.76 bits per heavy atom. The van der Waals surface area contributed by atoms with E-state index in [2.05, 4.69) is 9.97 Å². The molecule has 0 saturated carbocycles. The molecule has 25 heavy (non-hydrogen) atoms. The van der Waals surface area contributed by atoms with Gasteiger partial charge in [-0.1, -0.05) is 12.1 Å². The van der Waals surface area contributed by atoms with Gasteiger partial charge in [0.05, 0.1) is 12.8 Å². The Morgan fingerprint density at radius 1 is 1.12 bits per heavy atom. The van der Waals surface area contributed by atoms with Crippen molar-refractivity contribution in [1.82, 2.24) is 14.4 Å². The Kier molecular flexibility index (Phi) is 3.61. The molecule has 0 radical (unpaired) electrons. The molecule has 0 amide bonds. The number of halogens is 1. The van der Waals surface area contributed by atoms with Crippen LogP contribution in [0, 0.1) is 5.82 Å². The zero-order valence-corrected chi connectivity index (χ0v) is 13.4. The summed E-state index contributed by atoms with van der Waals surface area (Å²) >= 11 is 0. The van der Waals surface area contributed by atoms with Crippen LogP contribution in [0.3, 0.4) is 0 Å². The second kappa shape index (κ2) is 5.94. The number of hydrogen-bond acceptors (Lipinski definition) is 5. The molecule has 2 aromatic carbocycles. The highest BCUT2D eigenvalue weighted by atomic mass is 19.1. The Labute approximate surface area is 142 Å². The normalized spacial score (nSPS) is 11.1. The Hall–Kier alpha value is -3.35. The molecule has 0 spiro atoms. The summed E-state index contributed by atoms with van der Waals surface area (Å²) in [6, 6.07) is 12.0. The maximum absolute atomic E-state index is 14.0. The molecular weight excluding hydrogens is 323 g/mol. The summed E-state index contributed by atoms with van der Waals surface area (Å²) in [5, 5.41) is 0.599. The lowest BCUT2D eigenvalue weighted by Crippen LogP contribution is -2.01. The Balaban J connectivity index is 1.70. The van der Waals surface area contributed by atoms with Crippen molar-refractivity contribution < 1.29 is 13.9 Å². The fourth-order valence-electron chi connectivity index (χ4n) is 2.69. The summed E-state index contributed by atoms with van der Waals surface area (Å²) in [6.45, 7) is 0.241. The van der Waals surface area contributed by atoms with Crippen LogP contribution in [0.2, 0.25) is 0 Å². The third-order valence-corrected chi connectivity index (χ3v) is 3.88. The van der Waals surface area contributed by atoms with Gasteiger partial charge < -0.3 is 15.2 Å². The zero-order chi connectivity index (χ0) is 17.4. The van der Waals surface area contributed by atoms with E-state index in [4.69, 9.17) is 15.2 Å². The van der Waals surface area contributed by atoms with E-state index in [1.165, 1.54) is 6.07 Å². The van der Waals surface area contributed by atoms with Crippen molar-refractivity contribution in [2.24, 2.45) is 0 Å². The van der Waals surface area contributed by atoms with Crippen molar-refractivity contribution in [3.8, 4) is 11.5 Å². The Bertz CT molecular complexity index is 1080. The van der Waals surface area contributed by atoms with Crippen molar-refractivity contribution in [2.75, 3.05) is 12.8 Å². The summed E-state index contributed by atoms with van der Waals surface area (Å²) in [7, 11) is 1.60. The van der Waals surface area contributed by atoms with Crippen molar-refractivity contribution in [1.29, 1.82) is 0 Å². The molecule has 2 N–H and O–H groups in total. The van der Waals surface area contributed by atoms with Crippen molar-refractivity contribution in [2.45, 2.75) is 6.61 Å². The molecule has 0 atom stereocenters. The van der Waals surface area contributed by atoms with Crippen molar-refractivity contribution in [3.05, 3.63) is 60.2 Å². The van der Waals surface area contributed by atoms with E-state index < -0.39 is 5.82 Å². The maximum atomic E-state index is 14.0. The molecule has 0 saturated heterocycles. The van der Waals surface area contributed by atoms with Crippen LogP contribution in [0.15, 0.2) is 48.7 Å². The fraction of sp³-hybridized carbons (Fsp3) is 0.111. The molecule has 0 fully saturated rings. The number of imidazole rings is 1. The first-order chi connectivity index (χ1) is 12.2. The Morgan fingerprint density at radius 2 is 1.92 bits per heavy atom. The molecule has 0 unspecified atom stereocenters. The van der Waals surface area contributed by atoms with Gasteiger partial charge in [-0.05, 0) is 24.3 Å². The molecular formula is C18H15FN4O2. The van der Waals surface area contributed by atoms with Crippen LogP contribution >= 0.6 is 0 Å². The predicted molar refractivity (Wildman–Crippen MR) is 92.2 cm³/mol. The van der Waals surface area contributed by atoms with E-state index in [-0.39, 0.29) is 18.1 Å². The number of para-hydroxylation sites is 1. The molecule has 4 rings (SSSR count). The number of aromatic nitrogens is 3. The van der Waals surface area contributed by atoms with Crippen molar-refractivity contribution >= 4 is 22.5 Å². The number of nitrogen functional groups attached to an aromatic ring is 1. The highest BCUT2D eigenvalue weighted by molar-refractivity contribution is 5.92. The molecule has 7 heteroatoms. The summed E-state index contributed by atoms with van der Waals surface area (Å²) < 4.78 is 26.5. The molecule has 2 aromatic heterocycles. The van der Waals surface area contributed by atoms with E-state index in [1.54, 1.807) is 35.9 Å². The van der Waals surface area contributed by atoms with Crippen LogP contribution in [-0.4, -0.2) is 21.5 Å². The molecule has 6 nitrogen and oxygen atoms in total. The van der Waals surface area contributed by atoms with E-state index in [0.29, 0.717) is 28.2 Å². The third kappa shape index (κ3) is 2.69. The smallest absolute Gasteiger partial charge is 0.206 e. The molecule has 126 valence electrons. The number of rotatable bonds is 4. The molecule has 0 aliphatic heterocycles. The van der Waals surface area contributed by atoms with E-state index in [0.717, 1.165) is 0 Å². The van der Waals surface area contributed by atoms with Crippen LogP contribution in [-0.2, 0) is 6.61 Å². The lowest BCUT2D eigenvalue weighted by Gasteiger charge is -2.05. The number of anilines is 1. The summed E-state index contributed by atoms with van der Waals surface area (Å²) in [5.74, 6) is 1.12. The van der Waals surface area contributed by atoms with Gasteiger partial charge in [-0.15, -0.1) is 0 Å². The van der Waals surface area contributed by atoms with Gasteiger partial charge in [-0.3, -0.25) is 4.40 Å². The van der Waals surface area contributed by atoms with Gasteiger partial charge in [0, 0.05) is 17.6 Å². The first-order valence-corrected chi connectivity index (χ1v) is 7.64. The SMILES string of the molecule is COc1cccc(OCc2cn3c(N)nc4c(F)cccc4c3n2)c1. The van der Waals surface area contributed by atoms with Crippen LogP contribution < -0.4 is 15.2 Å². The number of ether oxygens (including phenoxy) is 2. The van der Waals surface area contributed by atoms with E-state index in [9.17, 15) is 4.39 Å². The topological polar surface area (TPSA) is 74.7 Å². The molecule has 4 aromatic rings. The quantitative estimate of drug-likeness (QED) is 0.618. The predicted octanol–water partition coefficient (Wildman–Crippen LogP) is 3.19. The van der Waals surface area contributed by atoms with Gasteiger partial charge in [-0.2, -0.15) is 0 Å². The van der Waals surface area contributed by atoms with Gasteiger partial charge >= 0.3 is 0 Å². The average molecular weight is 338 g/mol. The van der Waals surface area contributed by atoms with Crippen LogP contribution in [0.1, 0.15) is 5.69 Å². The lowest BCUT2D eigenvalue weighted by atomic mass is 10.2. The number of hydrogen-bond donors (Lipinski definition) is 1. The van der Waals surface area contributed by atoms with E-state index in [1.807, 2.05) is 18.2 Å². The monoisotopic (exact) mass is 338 g/mol. The number of fused-ring (bicyclic) bond motifs is 3. The molecule has 0 aliphatic carbocycles. The first-order valence-electron chi connectivity index (χ1n) is 7.64. The minimum atomic E-state index is -0.427. The lowest BCUT2D eigenvalue weighted by molar-refractivity contribution is 0.299. The van der Waals surface area contributed by atoms with Crippen LogP contribution in [0.5, 0.6) is 11.5 Å². The number of nitrogens with zero attached hydrogens (tertiary/aromatic N) is 3. The number of methoxy groups -OCH3 is 1. The summed E-state index contributed by atoms with van der Waals surface area (Å²) in [5.41, 5.74) is 7.35. The third-order valence-electron chi connectivity index (χ3n) is 3.88. The van der Waals surface area contributed by atoms with Crippen LogP contribution in [0.4, 0.5) is 10.3 Å². The highest BCUT2D eigenvalue weighted by Crippen LogP contribution is 2.24. The fourth-order valence-corrected chi connectivity index (χ4v) is 2.69. The summed E-state index contributed by atoms with van der Waals surface area (Å²) in [4.78, 5) is 8.65. The molecule has 0 aliphatic rings. The first kappa shape index (κ1) is 15.2. The van der Waals surface area contributed by atoms with Gasteiger partial charge in [0.25, 0.3) is 0 Å². The number of benzene rings is 2. The van der Waals surface area contributed by atoms with Gasteiger partial charge in [0.1, 0.15) is 35.1 Å². The second-order valence-corrected chi connectivity index (χ2v) is 5.50. The van der Waals surface area contributed by atoms with E-state index >= 15 is 0 Å². The van der Waals surface area contributed by atoms with Crippen LogP contribution in [0.25, 0.3) is 16.6 Å². The minimum Gasteiger partial charge on any atom is -0.497 e. The maximum Gasteiger partial charge on any atom is 0.206 e. The van der Waals surface area contributed by atoms with Gasteiger partial charge in [0.2, 0.25) is 5.95 Å². The summed E-state index contributed by atoms with van der Waals surface area (Å²) in [6.07, 6.45) is 1.74. The van der Waals surface area contributed by atoms with Gasteiger partial charge in [-0.25, -0.2) is 14.4 Å². The minimum absolute atomic E-state index is 0.174. The van der Waals surface area contributed by atoms with Gasteiger partial charge in [0.15, 0.2) is 0 Å². The largest absolute Gasteiger partial charge is 0.497 e. The second-order valence-electron chi connectivity index (χ2n) is 5.50. The standard InChI is InChI=1S/C18H15FN4O2/c1-24-12-4-2-5-13(8-12)25-10-11-9-23-17(21-11)14-6-3-7-15(19)16(14)22-18(23)20/h2-9H,10H2,1H3,(H2,20,22). The highest BCUT2D eigenvalue weighted by Gasteiger charge is 2.13.